The lowest BCUT2D eigenvalue weighted by atomic mass is 9.91. The number of esters is 1. The number of hydrogen-bond acceptors (Lipinski definition) is 5. The van der Waals surface area contributed by atoms with E-state index in [1.54, 1.807) is 30.5 Å². The van der Waals surface area contributed by atoms with Gasteiger partial charge in [-0.3, -0.25) is 4.79 Å². The van der Waals surface area contributed by atoms with E-state index in [9.17, 15) is 14.7 Å². The van der Waals surface area contributed by atoms with E-state index >= 15 is 0 Å². The van der Waals surface area contributed by atoms with Crippen LogP contribution in [0.2, 0.25) is 0 Å². The monoisotopic (exact) mass is 446 g/mol. The van der Waals surface area contributed by atoms with E-state index in [0.29, 0.717) is 11.1 Å². The number of hydrogen-bond donors (Lipinski definition) is 0. The summed E-state index contributed by atoms with van der Waals surface area (Å²) in [6.45, 7) is 0.0975. The first-order valence-corrected chi connectivity index (χ1v) is 12.0. The molecular weight excluding hydrogens is 424 g/mol. The Balaban J connectivity index is 1.49. The Morgan fingerprint density at radius 1 is 0.938 bits per heavy atom. The van der Waals surface area contributed by atoms with E-state index in [1.165, 1.54) is 0 Å². The highest BCUT2D eigenvalue weighted by Gasteiger charge is 2.27. The van der Waals surface area contributed by atoms with Gasteiger partial charge >= 0.3 is 11.6 Å². The van der Waals surface area contributed by atoms with Gasteiger partial charge in [0.1, 0.15) is 30.1 Å². The van der Waals surface area contributed by atoms with Gasteiger partial charge in [0.05, 0.1) is 0 Å². The molecule has 1 aromatic heterocycles. The van der Waals surface area contributed by atoms with Crippen LogP contribution in [0.5, 0.6) is 5.75 Å². The molecule has 0 bridgehead atoms. The number of fused-ring (bicyclic) bond motifs is 1. The molecule has 32 heavy (non-hydrogen) atoms. The Kier molecular flexibility index (Phi) is 6.61. The van der Waals surface area contributed by atoms with Crippen LogP contribution in [-0.4, -0.2) is 24.6 Å². The average molecular weight is 447 g/mol. The van der Waals surface area contributed by atoms with Gasteiger partial charge in [-0.1, -0.05) is 78.9 Å². The second-order valence-corrected chi connectivity index (χ2v) is 9.40. The van der Waals surface area contributed by atoms with Gasteiger partial charge in [0.15, 0.2) is 0 Å². The minimum Gasteiger partial charge on any atom is -0.868 e. The van der Waals surface area contributed by atoms with Gasteiger partial charge in [-0.25, -0.2) is 4.79 Å². The lowest BCUT2D eigenvalue weighted by molar-refractivity contribution is -0.270. The average Bonchev–Trinajstić information content (AvgIpc) is 2.81. The third-order valence-corrected chi connectivity index (χ3v) is 7.04. The fraction of sp³-hybridized carbons (Fsp3) is 0.154. The van der Waals surface area contributed by atoms with E-state index in [-0.39, 0.29) is 28.8 Å². The highest BCUT2D eigenvalue weighted by Crippen LogP contribution is 2.28. The van der Waals surface area contributed by atoms with Crippen molar-refractivity contribution in [3.05, 3.63) is 106 Å². The Hall–Kier alpha value is -3.51. The maximum Gasteiger partial charge on any atom is 0.391 e. The van der Waals surface area contributed by atoms with Crippen LogP contribution in [-0.2, 0) is 20.4 Å². The molecule has 4 aromatic rings. The molecule has 5 nitrogen and oxygen atoms in total. The summed E-state index contributed by atoms with van der Waals surface area (Å²) in [6, 6.07) is 25.6. The molecule has 1 heterocycles. The zero-order chi connectivity index (χ0) is 22.5. The summed E-state index contributed by atoms with van der Waals surface area (Å²) >= 11 is 0. The molecule has 0 saturated heterocycles. The molecule has 4 rings (SSSR count). The molecule has 0 N–H and O–H groups in total. The van der Waals surface area contributed by atoms with Gasteiger partial charge in [-0.05, 0) is 22.9 Å². The van der Waals surface area contributed by atoms with Crippen molar-refractivity contribution >= 4 is 27.8 Å². The predicted molar refractivity (Wildman–Crippen MR) is 124 cm³/mol. The molecule has 0 aliphatic heterocycles. The normalized spacial score (nSPS) is 12.1. The number of para-hydroxylation sites is 1. The van der Waals surface area contributed by atoms with Crippen molar-refractivity contribution in [1.29, 1.82) is 0 Å². The van der Waals surface area contributed by atoms with Crippen LogP contribution in [0.25, 0.3) is 11.0 Å². The molecule has 0 radical (unpaired) electrons. The van der Waals surface area contributed by atoms with Crippen molar-refractivity contribution in [2.24, 2.45) is 0 Å². The molecule has 3 aromatic carbocycles. The highest BCUT2D eigenvalue weighted by atomic mass is 32.2. The topological polar surface area (TPSA) is 79.6 Å². The van der Waals surface area contributed by atoms with Gasteiger partial charge in [0.2, 0.25) is 4.90 Å². The SMILES string of the molecule is C[S+](CCOC(=O)C(c1ccccc1)c1ccccc1)c1c([O-])c2ccccc2oc1=O. The van der Waals surface area contributed by atoms with Crippen molar-refractivity contribution in [3.8, 4) is 5.75 Å². The van der Waals surface area contributed by atoms with Crippen molar-refractivity contribution in [1.82, 2.24) is 0 Å². The number of carbonyl (C=O) groups excluding carboxylic acids is 1. The lowest BCUT2D eigenvalue weighted by Gasteiger charge is -2.17. The Morgan fingerprint density at radius 2 is 1.50 bits per heavy atom. The first-order chi connectivity index (χ1) is 15.6. The van der Waals surface area contributed by atoms with E-state index in [2.05, 4.69) is 0 Å². The smallest absolute Gasteiger partial charge is 0.391 e. The quantitative estimate of drug-likeness (QED) is 0.245. The summed E-state index contributed by atoms with van der Waals surface area (Å²) in [6.07, 6.45) is 1.79. The number of ether oxygens (including phenoxy) is 1. The van der Waals surface area contributed by atoms with Gasteiger partial charge in [0.25, 0.3) is 0 Å². The third kappa shape index (κ3) is 4.55. The zero-order valence-electron chi connectivity index (χ0n) is 17.5. The second-order valence-electron chi connectivity index (χ2n) is 7.31. The molecule has 1 atom stereocenters. The number of benzene rings is 3. The Labute approximate surface area is 188 Å². The van der Waals surface area contributed by atoms with E-state index in [1.807, 2.05) is 60.7 Å². The molecule has 0 fully saturated rings. The van der Waals surface area contributed by atoms with Gasteiger partial charge in [0, 0.05) is 16.3 Å². The predicted octanol–water partition coefficient (Wildman–Crippen LogP) is 3.85. The van der Waals surface area contributed by atoms with E-state index in [0.717, 1.165) is 11.1 Å². The zero-order valence-corrected chi connectivity index (χ0v) is 18.3. The van der Waals surface area contributed by atoms with E-state index < -0.39 is 22.4 Å². The summed E-state index contributed by atoms with van der Waals surface area (Å²) in [5, 5.41) is 13.2. The summed E-state index contributed by atoms with van der Waals surface area (Å²) in [5.74, 6) is -0.870. The summed E-state index contributed by atoms with van der Waals surface area (Å²) in [5.41, 5.74) is 1.34. The molecule has 6 heteroatoms. The summed E-state index contributed by atoms with van der Waals surface area (Å²) in [4.78, 5) is 25.5. The lowest BCUT2D eigenvalue weighted by Crippen LogP contribution is -2.24. The van der Waals surface area contributed by atoms with E-state index in [4.69, 9.17) is 9.15 Å². The van der Waals surface area contributed by atoms with Gasteiger partial charge in [-0.15, -0.1) is 0 Å². The Morgan fingerprint density at radius 3 is 2.12 bits per heavy atom. The summed E-state index contributed by atoms with van der Waals surface area (Å²) < 4.78 is 10.9. The van der Waals surface area contributed by atoms with Gasteiger partial charge in [-0.2, -0.15) is 0 Å². The molecule has 0 aliphatic rings. The van der Waals surface area contributed by atoms with Crippen LogP contribution in [0.15, 0.2) is 99.0 Å². The fourth-order valence-electron chi connectivity index (χ4n) is 3.61. The summed E-state index contributed by atoms with van der Waals surface area (Å²) in [7, 11) is -0.727. The molecule has 1 unspecified atom stereocenters. The largest absolute Gasteiger partial charge is 0.868 e. The highest BCUT2D eigenvalue weighted by molar-refractivity contribution is 7.96. The molecule has 0 amide bonds. The molecular formula is C26H22O5S. The molecule has 0 aliphatic carbocycles. The van der Waals surface area contributed by atoms with Crippen molar-refractivity contribution in [2.75, 3.05) is 18.6 Å². The van der Waals surface area contributed by atoms with Crippen LogP contribution in [0.1, 0.15) is 17.0 Å². The first-order valence-electron chi connectivity index (χ1n) is 10.2. The molecule has 0 spiro atoms. The van der Waals surface area contributed by atoms with Crippen LogP contribution < -0.4 is 10.7 Å². The minimum absolute atomic E-state index is 0.0975. The number of rotatable bonds is 7. The molecule has 0 saturated carbocycles. The maximum atomic E-state index is 13.0. The third-order valence-electron chi connectivity index (χ3n) is 5.21. The second kappa shape index (κ2) is 9.75. The first kappa shape index (κ1) is 21.7. The van der Waals surface area contributed by atoms with Crippen molar-refractivity contribution in [3.63, 3.8) is 0 Å². The Bertz CT molecular complexity index is 1230. The van der Waals surface area contributed by atoms with Crippen LogP contribution in [0, 0.1) is 0 Å². The van der Waals surface area contributed by atoms with Crippen molar-refractivity contribution < 1.29 is 19.1 Å². The van der Waals surface area contributed by atoms with Crippen LogP contribution in [0.4, 0.5) is 0 Å². The minimum atomic E-state index is -0.727. The maximum absolute atomic E-state index is 13.0. The van der Waals surface area contributed by atoms with Crippen LogP contribution in [0.3, 0.4) is 0 Å². The van der Waals surface area contributed by atoms with Gasteiger partial charge < -0.3 is 14.3 Å². The number of carbonyl (C=O) groups is 1. The van der Waals surface area contributed by atoms with Crippen LogP contribution >= 0.6 is 0 Å². The molecule has 162 valence electrons. The standard InChI is InChI=1S/C26H22O5S/c1-32(24-23(27)20-14-8-9-15-21(20)31-26(24)29)17-16-30-25(28)22(18-10-4-2-5-11-18)19-12-6-3-7-13-19/h2-15,22H,16-17H2,1H3. The fourth-order valence-corrected chi connectivity index (χ4v) is 4.90. The van der Waals surface area contributed by atoms with Crippen molar-refractivity contribution in [2.45, 2.75) is 10.8 Å².